The van der Waals surface area contributed by atoms with Crippen molar-refractivity contribution in [2.45, 2.75) is 48.7 Å². The molecule has 0 unspecified atom stereocenters. The van der Waals surface area contributed by atoms with Gasteiger partial charge in [0.1, 0.15) is 0 Å². The molecule has 0 aromatic heterocycles. The summed E-state index contributed by atoms with van der Waals surface area (Å²) >= 11 is 1.79. The Morgan fingerprint density at radius 3 is 2.04 bits per heavy atom. The lowest BCUT2D eigenvalue weighted by atomic mass is 9.79. The van der Waals surface area contributed by atoms with E-state index in [9.17, 15) is 0 Å². The van der Waals surface area contributed by atoms with E-state index >= 15 is 0 Å². The Labute approximate surface area is 160 Å². The molecule has 1 aliphatic rings. The molecule has 0 saturated carbocycles. The van der Waals surface area contributed by atoms with Crippen molar-refractivity contribution in [1.29, 1.82) is 0 Å². The van der Waals surface area contributed by atoms with Crippen molar-refractivity contribution in [2.75, 3.05) is 0 Å². The highest BCUT2D eigenvalue weighted by Gasteiger charge is 2.51. The second-order valence-corrected chi connectivity index (χ2v) is 8.85. The normalized spacial score (nSPS) is 18.4. The lowest BCUT2D eigenvalue weighted by Crippen LogP contribution is -2.41. The Morgan fingerprint density at radius 2 is 1.35 bits per heavy atom. The molecule has 2 nitrogen and oxygen atoms in total. The number of benzene rings is 3. The van der Waals surface area contributed by atoms with E-state index in [1.165, 1.54) is 20.6 Å². The minimum Gasteiger partial charge on any atom is -0.399 e. The Bertz CT molecular complexity index is 913. The number of fused-ring (bicyclic) bond motifs is 1. The molecule has 0 amide bonds. The summed E-state index contributed by atoms with van der Waals surface area (Å²) in [5, 5.41) is 2.56. The molecule has 4 rings (SSSR count). The summed E-state index contributed by atoms with van der Waals surface area (Å²) < 4.78 is 12.3. The lowest BCUT2D eigenvalue weighted by Gasteiger charge is -2.32. The van der Waals surface area contributed by atoms with Crippen LogP contribution in [0.3, 0.4) is 0 Å². The average Bonchev–Trinajstić information content (AvgIpc) is 2.84. The summed E-state index contributed by atoms with van der Waals surface area (Å²) in [5.74, 6) is 0. The smallest absolute Gasteiger partial charge is 0.399 e. The van der Waals surface area contributed by atoms with Gasteiger partial charge < -0.3 is 9.31 Å². The molecule has 132 valence electrons. The maximum absolute atomic E-state index is 6.14. The van der Waals surface area contributed by atoms with Gasteiger partial charge in [-0.25, -0.2) is 0 Å². The molecular weight excluding hydrogens is 339 g/mol. The molecule has 0 bridgehead atoms. The van der Waals surface area contributed by atoms with Crippen LogP contribution in [0.5, 0.6) is 0 Å². The van der Waals surface area contributed by atoms with E-state index in [-0.39, 0.29) is 18.3 Å². The zero-order valence-corrected chi connectivity index (χ0v) is 16.5. The molecule has 1 aliphatic heterocycles. The molecule has 26 heavy (non-hydrogen) atoms. The van der Waals surface area contributed by atoms with Crippen molar-refractivity contribution in [3.05, 3.63) is 66.7 Å². The number of hydrogen-bond acceptors (Lipinski definition) is 3. The molecule has 1 saturated heterocycles. The minimum absolute atomic E-state index is 0.309. The Hall–Kier alpha value is -1.75. The van der Waals surface area contributed by atoms with E-state index < -0.39 is 0 Å². The summed E-state index contributed by atoms with van der Waals surface area (Å²) in [7, 11) is -0.309. The molecule has 0 N–H and O–H groups in total. The maximum Gasteiger partial charge on any atom is 0.494 e. The molecule has 4 heteroatoms. The van der Waals surface area contributed by atoms with E-state index in [1.54, 1.807) is 11.8 Å². The van der Waals surface area contributed by atoms with Gasteiger partial charge in [-0.3, -0.25) is 0 Å². The van der Waals surface area contributed by atoms with Gasteiger partial charge in [0.05, 0.1) is 11.2 Å². The SMILES string of the molecule is CC1(C)OB(c2ccc(Sc3cccc4ccccc34)cc2)OC1(C)C. The van der Waals surface area contributed by atoms with Crippen LogP contribution in [0.4, 0.5) is 0 Å². The van der Waals surface area contributed by atoms with Gasteiger partial charge in [0.2, 0.25) is 0 Å². The molecule has 1 fully saturated rings. The second kappa shape index (κ2) is 6.45. The fourth-order valence-corrected chi connectivity index (χ4v) is 4.05. The van der Waals surface area contributed by atoms with Gasteiger partial charge in [-0.15, -0.1) is 0 Å². The van der Waals surface area contributed by atoms with Gasteiger partial charge in [-0.05, 0) is 62.1 Å². The van der Waals surface area contributed by atoms with E-state index in [0.29, 0.717) is 0 Å². The fourth-order valence-electron chi connectivity index (χ4n) is 3.08. The number of rotatable bonds is 3. The first-order valence-electron chi connectivity index (χ1n) is 8.97. The van der Waals surface area contributed by atoms with Crippen molar-refractivity contribution in [3.63, 3.8) is 0 Å². The van der Waals surface area contributed by atoms with E-state index in [2.05, 4.69) is 94.4 Å². The highest BCUT2D eigenvalue weighted by atomic mass is 32.2. The van der Waals surface area contributed by atoms with Gasteiger partial charge in [0.25, 0.3) is 0 Å². The zero-order valence-electron chi connectivity index (χ0n) is 15.7. The third-order valence-corrected chi connectivity index (χ3v) is 6.47. The molecule has 3 aromatic rings. The van der Waals surface area contributed by atoms with Crippen LogP contribution in [-0.4, -0.2) is 18.3 Å². The zero-order chi connectivity index (χ0) is 18.4. The van der Waals surface area contributed by atoms with Crippen LogP contribution >= 0.6 is 11.8 Å². The standard InChI is InChI=1S/C22H23BO2S/c1-21(2)22(3,4)25-23(24-21)17-12-14-18(15-13-17)26-20-11-7-9-16-8-5-6-10-19(16)20/h5-15H,1-4H3. The van der Waals surface area contributed by atoms with E-state index in [1.807, 2.05) is 0 Å². The molecule has 0 atom stereocenters. The van der Waals surface area contributed by atoms with Gasteiger partial charge in [0, 0.05) is 9.79 Å². The predicted molar refractivity (Wildman–Crippen MR) is 110 cm³/mol. The van der Waals surface area contributed by atoms with Gasteiger partial charge in [-0.2, -0.15) is 0 Å². The predicted octanol–water partition coefficient (Wildman–Crippen LogP) is 5.29. The maximum atomic E-state index is 6.14. The Kier molecular flexibility index (Phi) is 4.38. The van der Waals surface area contributed by atoms with Crippen LogP contribution in [0, 0.1) is 0 Å². The summed E-state index contributed by atoms with van der Waals surface area (Å²) in [6.07, 6.45) is 0. The lowest BCUT2D eigenvalue weighted by molar-refractivity contribution is 0.00578. The van der Waals surface area contributed by atoms with E-state index in [0.717, 1.165) is 5.46 Å². The van der Waals surface area contributed by atoms with Gasteiger partial charge >= 0.3 is 7.12 Å². The van der Waals surface area contributed by atoms with Crippen LogP contribution in [0.15, 0.2) is 76.5 Å². The van der Waals surface area contributed by atoms with Gasteiger partial charge in [0.15, 0.2) is 0 Å². The average molecular weight is 362 g/mol. The summed E-state index contributed by atoms with van der Waals surface area (Å²) in [6.45, 7) is 8.32. The van der Waals surface area contributed by atoms with Crippen LogP contribution in [0.2, 0.25) is 0 Å². The monoisotopic (exact) mass is 362 g/mol. The summed E-state index contributed by atoms with van der Waals surface area (Å²) in [5.41, 5.74) is 0.438. The molecule has 0 spiro atoms. The first-order valence-corrected chi connectivity index (χ1v) is 9.79. The van der Waals surface area contributed by atoms with Gasteiger partial charge in [-0.1, -0.05) is 60.3 Å². The quantitative estimate of drug-likeness (QED) is 0.590. The Balaban J connectivity index is 1.55. The number of hydrogen-bond donors (Lipinski definition) is 0. The molecule has 0 radical (unpaired) electrons. The molecular formula is C22H23BO2S. The van der Waals surface area contributed by atoms with Crippen molar-refractivity contribution in [2.24, 2.45) is 0 Å². The summed E-state index contributed by atoms with van der Waals surface area (Å²) in [6, 6.07) is 23.4. The Morgan fingerprint density at radius 1 is 0.731 bits per heavy atom. The van der Waals surface area contributed by atoms with Crippen molar-refractivity contribution >= 4 is 35.1 Å². The first-order chi connectivity index (χ1) is 12.4. The minimum atomic E-state index is -0.311. The van der Waals surface area contributed by atoms with Crippen molar-refractivity contribution < 1.29 is 9.31 Å². The van der Waals surface area contributed by atoms with Crippen LogP contribution in [-0.2, 0) is 9.31 Å². The van der Waals surface area contributed by atoms with Crippen LogP contribution < -0.4 is 5.46 Å². The van der Waals surface area contributed by atoms with Crippen LogP contribution in [0.25, 0.3) is 10.8 Å². The van der Waals surface area contributed by atoms with Crippen molar-refractivity contribution in [1.82, 2.24) is 0 Å². The highest BCUT2D eigenvalue weighted by Crippen LogP contribution is 2.37. The molecule has 0 aliphatic carbocycles. The van der Waals surface area contributed by atoms with Crippen LogP contribution in [0.1, 0.15) is 27.7 Å². The van der Waals surface area contributed by atoms with E-state index in [4.69, 9.17) is 9.31 Å². The largest absolute Gasteiger partial charge is 0.494 e. The summed E-state index contributed by atoms with van der Waals surface area (Å²) in [4.78, 5) is 2.48. The second-order valence-electron chi connectivity index (χ2n) is 7.74. The third kappa shape index (κ3) is 3.18. The first kappa shape index (κ1) is 17.7. The highest BCUT2D eigenvalue weighted by molar-refractivity contribution is 7.99. The molecule has 1 heterocycles. The molecule has 3 aromatic carbocycles. The topological polar surface area (TPSA) is 18.5 Å². The third-order valence-electron chi connectivity index (χ3n) is 5.38. The fraction of sp³-hybridized carbons (Fsp3) is 0.273. The van der Waals surface area contributed by atoms with Crippen molar-refractivity contribution in [3.8, 4) is 0 Å².